The van der Waals surface area contributed by atoms with Crippen molar-refractivity contribution in [3.8, 4) is 11.4 Å². The fourth-order valence-electron chi connectivity index (χ4n) is 5.86. The van der Waals surface area contributed by atoms with E-state index >= 15 is 0 Å². The molecule has 218 valence electrons. The van der Waals surface area contributed by atoms with Crippen LogP contribution in [0.25, 0.3) is 22.5 Å². The lowest BCUT2D eigenvalue weighted by molar-refractivity contribution is -0.139. The number of halogens is 1. The van der Waals surface area contributed by atoms with E-state index in [2.05, 4.69) is 0 Å². The topological polar surface area (TPSA) is 74.8 Å². The third kappa shape index (κ3) is 4.79. The minimum absolute atomic E-state index is 0.194. The van der Waals surface area contributed by atoms with Crippen LogP contribution in [-0.4, -0.2) is 28.8 Å². The van der Waals surface area contributed by atoms with E-state index in [9.17, 15) is 14.0 Å². The van der Waals surface area contributed by atoms with Gasteiger partial charge in [0.1, 0.15) is 11.6 Å². The summed E-state index contributed by atoms with van der Waals surface area (Å²) in [6.45, 7) is 7.66. The van der Waals surface area contributed by atoms with Crippen LogP contribution in [0.5, 0.6) is 5.75 Å². The summed E-state index contributed by atoms with van der Waals surface area (Å²) in [7, 11) is 1.62. The van der Waals surface area contributed by atoms with Crippen molar-refractivity contribution in [3.05, 3.63) is 126 Å². The van der Waals surface area contributed by atoms with E-state index in [0.29, 0.717) is 26.4 Å². The number of rotatable bonds is 6. The molecule has 43 heavy (non-hydrogen) atoms. The van der Waals surface area contributed by atoms with Gasteiger partial charge in [-0.25, -0.2) is 14.2 Å². The molecule has 0 N–H and O–H groups in total. The Hall–Kier alpha value is -4.76. The number of thiazole rings is 1. The Balaban J connectivity index is 1.58. The molecule has 5 aromatic rings. The molecule has 2 aromatic heterocycles. The van der Waals surface area contributed by atoms with Crippen LogP contribution < -0.4 is 19.6 Å². The van der Waals surface area contributed by atoms with E-state index in [4.69, 9.17) is 14.5 Å². The van der Waals surface area contributed by atoms with E-state index in [0.717, 1.165) is 39.0 Å². The number of ether oxygens (including phenoxy) is 2. The fraction of sp³-hybridized carbons (Fsp3) is 0.206. The van der Waals surface area contributed by atoms with Crippen molar-refractivity contribution < 1.29 is 18.7 Å². The zero-order valence-corrected chi connectivity index (χ0v) is 25.3. The minimum Gasteiger partial charge on any atom is -0.496 e. The summed E-state index contributed by atoms with van der Waals surface area (Å²) in [5.74, 6) is -0.114. The van der Waals surface area contributed by atoms with Gasteiger partial charge in [-0.2, -0.15) is 0 Å². The predicted molar refractivity (Wildman–Crippen MR) is 166 cm³/mol. The van der Waals surface area contributed by atoms with Gasteiger partial charge < -0.3 is 14.0 Å². The summed E-state index contributed by atoms with van der Waals surface area (Å²) in [6.07, 6.45) is 1.86. The van der Waals surface area contributed by atoms with Gasteiger partial charge in [0.15, 0.2) is 4.80 Å². The zero-order chi connectivity index (χ0) is 30.4. The van der Waals surface area contributed by atoms with Gasteiger partial charge in [0.2, 0.25) is 0 Å². The summed E-state index contributed by atoms with van der Waals surface area (Å²) in [5, 5.41) is 1.73. The monoisotopic (exact) mass is 595 g/mol. The Morgan fingerprint density at radius 1 is 1.05 bits per heavy atom. The first-order valence-electron chi connectivity index (χ1n) is 13.9. The van der Waals surface area contributed by atoms with Crippen LogP contribution in [0.15, 0.2) is 87.8 Å². The minimum atomic E-state index is -0.750. The number of fused-ring (bicyclic) bond motifs is 2. The third-order valence-electron chi connectivity index (χ3n) is 7.79. The van der Waals surface area contributed by atoms with Gasteiger partial charge in [-0.05, 0) is 86.7 Å². The summed E-state index contributed by atoms with van der Waals surface area (Å²) in [4.78, 5) is 32.9. The Labute approximate surface area is 251 Å². The molecule has 7 nitrogen and oxygen atoms in total. The van der Waals surface area contributed by atoms with Crippen molar-refractivity contribution in [1.29, 1.82) is 0 Å². The van der Waals surface area contributed by atoms with Crippen molar-refractivity contribution >= 4 is 34.2 Å². The number of aryl methyl sites for hydroxylation is 1. The van der Waals surface area contributed by atoms with Crippen molar-refractivity contribution in [1.82, 2.24) is 9.13 Å². The van der Waals surface area contributed by atoms with Crippen molar-refractivity contribution in [2.75, 3.05) is 13.7 Å². The number of esters is 1. The Morgan fingerprint density at radius 3 is 2.47 bits per heavy atom. The van der Waals surface area contributed by atoms with Gasteiger partial charge in [-0.1, -0.05) is 41.7 Å². The second kappa shape index (κ2) is 11.1. The third-order valence-corrected chi connectivity index (χ3v) is 8.77. The van der Waals surface area contributed by atoms with Crippen LogP contribution in [0.1, 0.15) is 42.4 Å². The van der Waals surface area contributed by atoms with E-state index in [1.165, 1.54) is 23.5 Å². The Kier molecular flexibility index (Phi) is 7.35. The number of allylic oxidation sites excluding steroid dienone is 1. The standard InChI is InChI=1S/C34H30FN3O4S/c1-6-42-33(40)30-20(3)36-34-38(31(30)27-15-16-28(41-5)26-10-8-7-9-25(26)27)32(39)29(43-34)18-22-17-19(2)37(21(22)4)24-13-11-23(35)12-14-24/h7-18,31H,6H2,1-5H3/b29-18-/t31-/m1/s1. The molecular weight excluding hydrogens is 565 g/mol. The SMILES string of the molecule is CCOC(=O)C1=C(C)N=c2s/c(=C\c3cc(C)n(-c4ccc(F)cc4)c3C)c(=O)n2[C@@H]1c1ccc(OC)c2ccccc12. The van der Waals surface area contributed by atoms with Crippen molar-refractivity contribution in [3.63, 3.8) is 0 Å². The number of nitrogens with zero attached hydrogens (tertiary/aromatic N) is 3. The lowest BCUT2D eigenvalue weighted by atomic mass is 9.91. The highest BCUT2D eigenvalue weighted by molar-refractivity contribution is 7.07. The second-order valence-corrected chi connectivity index (χ2v) is 11.4. The van der Waals surface area contributed by atoms with Crippen LogP contribution in [0.3, 0.4) is 0 Å². The van der Waals surface area contributed by atoms with E-state index < -0.39 is 12.0 Å². The summed E-state index contributed by atoms with van der Waals surface area (Å²) in [6, 6.07) is 19.1. The molecular formula is C34H30FN3O4S. The van der Waals surface area contributed by atoms with Gasteiger partial charge in [-0.3, -0.25) is 9.36 Å². The molecule has 1 atom stereocenters. The highest BCUT2D eigenvalue weighted by Gasteiger charge is 2.34. The lowest BCUT2D eigenvalue weighted by Gasteiger charge is -2.26. The molecule has 0 aliphatic carbocycles. The van der Waals surface area contributed by atoms with E-state index in [1.54, 1.807) is 37.7 Å². The maximum Gasteiger partial charge on any atom is 0.338 e. The first-order chi connectivity index (χ1) is 20.7. The molecule has 0 saturated carbocycles. The lowest BCUT2D eigenvalue weighted by Crippen LogP contribution is -2.40. The number of methoxy groups -OCH3 is 1. The van der Waals surface area contributed by atoms with Crippen LogP contribution in [0.2, 0.25) is 0 Å². The van der Waals surface area contributed by atoms with Gasteiger partial charge in [0.25, 0.3) is 5.56 Å². The van der Waals surface area contributed by atoms with Crippen molar-refractivity contribution in [2.24, 2.45) is 4.99 Å². The molecule has 0 bridgehead atoms. The van der Waals surface area contributed by atoms with Crippen molar-refractivity contribution in [2.45, 2.75) is 33.7 Å². The Morgan fingerprint density at radius 2 is 1.77 bits per heavy atom. The number of hydrogen-bond acceptors (Lipinski definition) is 6. The maximum atomic E-state index is 14.2. The average Bonchev–Trinajstić information content (AvgIpc) is 3.45. The van der Waals surface area contributed by atoms with Gasteiger partial charge in [0.05, 0.1) is 35.6 Å². The molecule has 0 amide bonds. The molecule has 1 aliphatic heterocycles. The van der Waals surface area contributed by atoms with Crippen LogP contribution >= 0.6 is 11.3 Å². The molecule has 0 fully saturated rings. The highest BCUT2D eigenvalue weighted by atomic mass is 32.1. The van der Waals surface area contributed by atoms with E-state index in [1.807, 2.05) is 67.0 Å². The summed E-state index contributed by atoms with van der Waals surface area (Å²) < 4.78 is 28.8. The highest BCUT2D eigenvalue weighted by Crippen LogP contribution is 2.38. The quantitative estimate of drug-likeness (QED) is 0.243. The van der Waals surface area contributed by atoms with E-state index in [-0.39, 0.29) is 18.0 Å². The zero-order valence-electron chi connectivity index (χ0n) is 24.5. The number of benzene rings is 3. The predicted octanol–water partition coefficient (Wildman–Crippen LogP) is 5.51. The summed E-state index contributed by atoms with van der Waals surface area (Å²) in [5.41, 5.74) is 4.90. The van der Waals surface area contributed by atoms with Crippen LogP contribution in [0.4, 0.5) is 4.39 Å². The molecule has 6 rings (SSSR count). The molecule has 3 heterocycles. The first-order valence-corrected chi connectivity index (χ1v) is 14.7. The number of aromatic nitrogens is 2. The van der Waals surface area contributed by atoms with Crippen LogP contribution in [-0.2, 0) is 9.53 Å². The molecule has 0 spiro atoms. The molecule has 3 aromatic carbocycles. The summed E-state index contributed by atoms with van der Waals surface area (Å²) >= 11 is 1.28. The fourth-order valence-corrected chi connectivity index (χ4v) is 6.90. The van der Waals surface area contributed by atoms with Crippen LogP contribution in [0, 0.1) is 19.7 Å². The molecule has 0 saturated heterocycles. The molecule has 0 unspecified atom stereocenters. The second-order valence-electron chi connectivity index (χ2n) is 10.3. The normalized spacial score (nSPS) is 15.0. The number of carbonyl (C=O) groups is 1. The Bertz CT molecular complexity index is 2120. The van der Waals surface area contributed by atoms with Gasteiger partial charge >= 0.3 is 5.97 Å². The first kappa shape index (κ1) is 28.4. The molecule has 0 radical (unpaired) electrons. The molecule has 9 heteroatoms. The largest absolute Gasteiger partial charge is 0.496 e. The van der Waals surface area contributed by atoms with Gasteiger partial charge in [-0.15, -0.1) is 0 Å². The molecule has 1 aliphatic rings. The van der Waals surface area contributed by atoms with Gasteiger partial charge in [0, 0.05) is 22.5 Å². The smallest absolute Gasteiger partial charge is 0.338 e. The number of hydrogen-bond donors (Lipinski definition) is 0. The maximum absolute atomic E-state index is 14.2. The number of carbonyl (C=O) groups excluding carboxylic acids is 1. The average molecular weight is 596 g/mol.